The lowest BCUT2D eigenvalue weighted by Crippen LogP contribution is -2.28. The summed E-state index contributed by atoms with van der Waals surface area (Å²) in [4.78, 5) is 28.6. The Morgan fingerprint density at radius 3 is 2.75 bits per heavy atom. The molecule has 10 heteroatoms. The van der Waals surface area contributed by atoms with Gasteiger partial charge in [0.2, 0.25) is 0 Å². The summed E-state index contributed by atoms with van der Waals surface area (Å²) in [5.74, 6) is 0.167. The van der Waals surface area contributed by atoms with E-state index in [1.807, 2.05) is 12.1 Å². The lowest BCUT2D eigenvalue weighted by molar-refractivity contribution is 0.0519. The number of aromatic nitrogens is 5. The first-order chi connectivity index (χ1) is 15.6. The second kappa shape index (κ2) is 9.56. The largest absolute Gasteiger partial charge is 0.461 e. The van der Waals surface area contributed by atoms with Crippen LogP contribution in [0.15, 0.2) is 73.3 Å². The smallest absolute Gasteiger partial charge is 0.358 e. The molecule has 0 bridgehead atoms. The van der Waals surface area contributed by atoms with Crippen LogP contribution in [0.5, 0.6) is 0 Å². The number of pyridine rings is 1. The molecule has 0 aliphatic rings. The van der Waals surface area contributed by atoms with Gasteiger partial charge in [0.1, 0.15) is 0 Å². The van der Waals surface area contributed by atoms with Crippen molar-refractivity contribution in [2.45, 2.75) is 13.5 Å². The molecule has 0 fully saturated rings. The van der Waals surface area contributed by atoms with E-state index in [1.165, 1.54) is 0 Å². The van der Waals surface area contributed by atoms with Gasteiger partial charge in [-0.1, -0.05) is 12.1 Å². The summed E-state index contributed by atoms with van der Waals surface area (Å²) in [6, 6.07) is 13.8. The van der Waals surface area contributed by atoms with Gasteiger partial charge in [0.15, 0.2) is 11.5 Å². The molecule has 2 N–H and O–H groups in total. The minimum absolute atomic E-state index is 0.215. The molecular formula is C22H21N7O3. The van der Waals surface area contributed by atoms with Crippen LogP contribution in [0.25, 0.3) is 11.5 Å². The van der Waals surface area contributed by atoms with Crippen molar-refractivity contribution >= 4 is 17.7 Å². The number of benzene rings is 1. The number of nitrogens with one attached hydrogen (secondary N) is 2. The van der Waals surface area contributed by atoms with Gasteiger partial charge in [-0.15, -0.1) is 0 Å². The number of nitrogens with zero attached hydrogens (tertiary/aromatic N) is 5. The van der Waals surface area contributed by atoms with E-state index in [4.69, 9.17) is 4.74 Å². The fourth-order valence-corrected chi connectivity index (χ4v) is 3.03. The summed E-state index contributed by atoms with van der Waals surface area (Å²) in [5, 5.41) is 14.0. The molecule has 3 heterocycles. The highest BCUT2D eigenvalue weighted by molar-refractivity contribution is 5.89. The van der Waals surface area contributed by atoms with Gasteiger partial charge < -0.3 is 15.4 Å². The number of urea groups is 1. The van der Waals surface area contributed by atoms with Crippen LogP contribution in [0.1, 0.15) is 23.0 Å². The molecule has 0 radical (unpaired) electrons. The summed E-state index contributed by atoms with van der Waals surface area (Å²) in [7, 11) is 0. The van der Waals surface area contributed by atoms with Gasteiger partial charge in [-0.25, -0.2) is 23.9 Å². The highest BCUT2D eigenvalue weighted by atomic mass is 16.5. The highest BCUT2D eigenvalue weighted by Gasteiger charge is 2.12. The van der Waals surface area contributed by atoms with E-state index in [-0.39, 0.29) is 24.9 Å². The Morgan fingerprint density at radius 2 is 1.94 bits per heavy atom. The quantitative estimate of drug-likeness (QED) is 0.435. The molecule has 0 saturated carbocycles. The number of rotatable bonds is 7. The first kappa shape index (κ1) is 20.8. The second-order valence-corrected chi connectivity index (χ2v) is 6.66. The molecule has 4 rings (SSSR count). The van der Waals surface area contributed by atoms with E-state index in [2.05, 4.69) is 25.8 Å². The van der Waals surface area contributed by atoms with Crippen molar-refractivity contribution < 1.29 is 14.3 Å². The Labute approximate surface area is 183 Å². The normalized spacial score (nSPS) is 10.5. The molecule has 3 aromatic heterocycles. The maximum absolute atomic E-state index is 12.4. The summed E-state index contributed by atoms with van der Waals surface area (Å²) < 4.78 is 8.15. The van der Waals surface area contributed by atoms with E-state index < -0.39 is 5.97 Å². The third-order valence-electron chi connectivity index (χ3n) is 4.47. The summed E-state index contributed by atoms with van der Waals surface area (Å²) in [6.45, 7) is 2.29. The van der Waals surface area contributed by atoms with Gasteiger partial charge in [-0.3, -0.25) is 0 Å². The van der Waals surface area contributed by atoms with Crippen molar-refractivity contribution in [2.24, 2.45) is 0 Å². The predicted octanol–water partition coefficient (Wildman–Crippen LogP) is 2.95. The number of amides is 2. The number of carbonyl (C=O) groups excluding carboxylic acids is 2. The molecule has 0 spiro atoms. The minimum Gasteiger partial charge on any atom is -0.461 e. The van der Waals surface area contributed by atoms with Gasteiger partial charge in [0.05, 0.1) is 12.3 Å². The molecule has 0 aliphatic heterocycles. The maximum Gasteiger partial charge on any atom is 0.358 e. The van der Waals surface area contributed by atoms with Crippen LogP contribution in [-0.4, -0.2) is 43.2 Å². The Balaban J connectivity index is 1.40. The van der Waals surface area contributed by atoms with Gasteiger partial charge in [-0.2, -0.15) is 10.2 Å². The summed E-state index contributed by atoms with van der Waals surface area (Å²) in [5.41, 5.74) is 2.30. The van der Waals surface area contributed by atoms with Crippen molar-refractivity contribution in [1.82, 2.24) is 29.9 Å². The van der Waals surface area contributed by atoms with E-state index in [0.717, 1.165) is 5.56 Å². The fourth-order valence-electron chi connectivity index (χ4n) is 3.03. The predicted molar refractivity (Wildman–Crippen MR) is 117 cm³/mol. The standard InChI is InChI=1S/C22H21N7O3/c1-2-32-21(30)19-9-13-28(27-19)18-8-3-7-17(14-18)26-22(31)24-15-16-6-4-10-23-20(16)29-12-5-11-25-29/h3-14H,2,15H2,1H3,(H2,24,26,31). The molecule has 32 heavy (non-hydrogen) atoms. The Kier molecular flexibility index (Phi) is 6.21. The molecule has 4 aromatic rings. The molecule has 0 aliphatic carbocycles. The minimum atomic E-state index is -0.482. The molecular weight excluding hydrogens is 410 g/mol. The van der Waals surface area contributed by atoms with Crippen molar-refractivity contribution in [2.75, 3.05) is 11.9 Å². The summed E-state index contributed by atoms with van der Waals surface area (Å²) >= 11 is 0. The number of hydrogen-bond donors (Lipinski definition) is 2. The second-order valence-electron chi connectivity index (χ2n) is 6.66. The van der Waals surface area contributed by atoms with Crippen LogP contribution in [0.4, 0.5) is 10.5 Å². The van der Waals surface area contributed by atoms with E-state index in [9.17, 15) is 9.59 Å². The van der Waals surface area contributed by atoms with Crippen LogP contribution in [0.3, 0.4) is 0 Å². The molecule has 0 unspecified atom stereocenters. The topological polar surface area (TPSA) is 116 Å². The van der Waals surface area contributed by atoms with Gasteiger partial charge in [-0.05, 0) is 43.3 Å². The van der Waals surface area contributed by atoms with E-state index >= 15 is 0 Å². The van der Waals surface area contributed by atoms with Gasteiger partial charge >= 0.3 is 12.0 Å². The monoisotopic (exact) mass is 431 g/mol. The van der Waals surface area contributed by atoms with Crippen LogP contribution in [0.2, 0.25) is 0 Å². The van der Waals surface area contributed by atoms with E-state index in [1.54, 1.807) is 77.5 Å². The maximum atomic E-state index is 12.4. The molecule has 2 amide bonds. The molecule has 162 valence electrons. The molecule has 0 saturated heterocycles. The Hall–Kier alpha value is -4.47. The lowest BCUT2D eigenvalue weighted by atomic mass is 10.2. The number of hydrogen-bond acceptors (Lipinski definition) is 6. The van der Waals surface area contributed by atoms with Crippen LogP contribution >= 0.6 is 0 Å². The lowest BCUT2D eigenvalue weighted by Gasteiger charge is -2.11. The number of esters is 1. The zero-order chi connectivity index (χ0) is 22.3. The van der Waals surface area contributed by atoms with Crippen LogP contribution < -0.4 is 10.6 Å². The molecule has 1 aromatic carbocycles. The third-order valence-corrected chi connectivity index (χ3v) is 4.47. The first-order valence-corrected chi connectivity index (χ1v) is 9.96. The summed E-state index contributed by atoms with van der Waals surface area (Å²) in [6.07, 6.45) is 6.79. The average molecular weight is 431 g/mol. The van der Waals surface area contributed by atoms with Crippen molar-refractivity contribution in [1.29, 1.82) is 0 Å². The van der Waals surface area contributed by atoms with Crippen molar-refractivity contribution in [3.8, 4) is 11.5 Å². The Bertz CT molecular complexity index is 1220. The average Bonchev–Trinajstić information content (AvgIpc) is 3.51. The van der Waals surface area contributed by atoms with Gasteiger partial charge in [0, 0.05) is 42.6 Å². The van der Waals surface area contributed by atoms with Crippen LogP contribution in [-0.2, 0) is 11.3 Å². The zero-order valence-electron chi connectivity index (χ0n) is 17.3. The number of anilines is 1. The molecule has 0 atom stereocenters. The first-order valence-electron chi connectivity index (χ1n) is 9.96. The zero-order valence-corrected chi connectivity index (χ0v) is 17.3. The van der Waals surface area contributed by atoms with Crippen LogP contribution in [0, 0.1) is 0 Å². The van der Waals surface area contributed by atoms with Crippen molar-refractivity contribution in [3.63, 3.8) is 0 Å². The Morgan fingerprint density at radius 1 is 1.03 bits per heavy atom. The SMILES string of the molecule is CCOC(=O)c1ccn(-c2cccc(NC(=O)NCc3cccnc3-n3cccn3)c2)n1. The number of ether oxygens (including phenoxy) is 1. The van der Waals surface area contributed by atoms with Gasteiger partial charge in [0.25, 0.3) is 0 Å². The van der Waals surface area contributed by atoms with Crippen molar-refractivity contribution in [3.05, 3.63) is 84.6 Å². The molecule has 10 nitrogen and oxygen atoms in total. The van der Waals surface area contributed by atoms with E-state index in [0.29, 0.717) is 17.2 Å². The third kappa shape index (κ3) is 4.81. The fraction of sp³-hybridized carbons (Fsp3) is 0.136. The number of carbonyl (C=O) groups is 2. The highest BCUT2D eigenvalue weighted by Crippen LogP contribution is 2.15.